The van der Waals surface area contributed by atoms with Gasteiger partial charge in [-0.2, -0.15) is 0 Å². The van der Waals surface area contributed by atoms with Gasteiger partial charge in [-0.1, -0.05) is 30.3 Å². The summed E-state index contributed by atoms with van der Waals surface area (Å²) in [6.45, 7) is 1.76. The number of benzene rings is 1. The van der Waals surface area contributed by atoms with E-state index in [-0.39, 0.29) is 38.9 Å². The van der Waals surface area contributed by atoms with E-state index in [4.69, 9.17) is 14.3 Å². The summed E-state index contributed by atoms with van der Waals surface area (Å²) >= 11 is 0. The van der Waals surface area contributed by atoms with Gasteiger partial charge in [0.15, 0.2) is 0 Å². The largest absolute Gasteiger partial charge is 0.466 e. The minimum Gasteiger partial charge on any atom is -0.466 e. The summed E-state index contributed by atoms with van der Waals surface area (Å²) in [6, 6.07) is 7.56. The number of nitrogens with zero attached hydrogens (tertiary/aromatic N) is 1. The Kier molecular flexibility index (Phi) is 8.13. The molecule has 1 N–H and O–H groups in total. The monoisotopic (exact) mass is 406 g/mol. The number of carbonyl (C=O) groups is 5. The normalized spacial score (nSPS) is 14.3. The van der Waals surface area contributed by atoms with Crippen LogP contribution in [-0.4, -0.2) is 47.6 Å². The molecule has 0 aromatic heterocycles. The molecular weight excluding hydrogens is 384 g/mol. The van der Waals surface area contributed by atoms with Crippen LogP contribution in [0.3, 0.4) is 0 Å². The number of rotatable bonds is 9. The minimum atomic E-state index is -1.32. The van der Waals surface area contributed by atoms with Crippen molar-refractivity contribution in [1.29, 1.82) is 0 Å². The van der Waals surface area contributed by atoms with Crippen LogP contribution in [-0.2, 0) is 40.1 Å². The Morgan fingerprint density at radius 3 is 2.34 bits per heavy atom. The summed E-state index contributed by atoms with van der Waals surface area (Å²) in [5, 5.41) is 2.67. The van der Waals surface area contributed by atoms with Crippen molar-refractivity contribution >= 4 is 29.8 Å². The highest BCUT2D eigenvalue weighted by Gasteiger charge is 2.35. The lowest BCUT2D eigenvalue weighted by Crippen LogP contribution is -2.45. The van der Waals surface area contributed by atoms with E-state index in [9.17, 15) is 24.0 Å². The molecule has 1 atom stereocenters. The third kappa shape index (κ3) is 6.91. The summed E-state index contributed by atoms with van der Waals surface area (Å²) < 4.78 is 9.85. The van der Waals surface area contributed by atoms with E-state index in [0.717, 1.165) is 5.56 Å². The predicted octanol–water partition coefficient (Wildman–Crippen LogP) is 1.23. The van der Waals surface area contributed by atoms with Crippen molar-refractivity contribution in [3.63, 3.8) is 0 Å². The van der Waals surface area contributed by atoms with Gasteiger partial charge in [-0.05, 0) is 18.9 Å². The van der Waals surface area contributed by atoms with Crippen molar-refractivity contribution in [2.75, 3.05) is 6.61 Å². The third-order valence-electron chi connectivity index (χ3n) is 3.92. The van der Waals surface area contributed by atoms with Crippen molar-refractivity contribution in [1.82, 2.24) is 10.4 Å². The number of alkyl carbamates (subject to hydrolysis) is 1. The van der Waals surface area contributed by atoms with Gasteiger partial charge in [0, 0.05) is 19.3 Å². The zero-order valence-electron chi connectivity index (χ0n) is 15.9. The van der Waals surface area contributed by atoms with E-state index in [1.165, 1.54) is 0 Å². The number of hydrogen-bond acceptors (Lipinski definition) is 8. The number of carbonyl (C=O) groups excluding carboxylic acids is 5. The number of amides is 3. The summed E-state index contributed by atoms with van der Waals surface area (Å²) in [5.41, 5.74) is 0.738. The Labute approximate surface area is 167 Å². The molecule has 0 unspecified atom stereocenters. The van der Waals surface area contributed by atoms with Crippen molar-refractivity contribution in [2.24, 2.45) is 0 Å². The Morgan fingerprint density at radius 2 is 1.72 bits per heavy atom. The molecule has 1 aliphatic heterocycles. The van der Waals surface area contributed by atoms with Gasteiger partial charge in [-0.3, -0.25) is 14.4 Å². The van der Waals surface area contributed by atoms with Crippen molar-refractivity contribution in [3.05, 3.63) is 35.9 Å². The highest BCUT2D eigenvalue weighted by atomic mass is 16.7. The first-order chi connectivity index (χ1) is 13.9. The lowest BCUT2D eigenvalue weighted by atomic mass is 10.1. The maximum Gasteiger partial charge on any atom is 0.408 e. The molecule has 0 saturated carbocycles. The molecule has 1 aromatic carbocycles. The van der Waals surface area contributed by atoms with E-state index < -0.39 is 35.9 Å². The smallest absolute Gasteiger partial charge is 0.408 e. The fraction of sp³-hybridized carbons (Fsp3) is 0.421. The summed E-state index contributed by atoms with van der Waals surface area (Å²) in [5.74, 6) is -2.94. The average Bonchev–Trinajstić information content (AvgIpc) is 3.02. The zero-order chi connectivity index (χ0) is 21.2. The van der Waals surface area contributed by atoms with Gasteiger partial charge >= 0.3 is 18.0 Å². The fourth-order valence-electron chi connectivity index (χ4n) is 2.46. The number of imide groups is 1. The van der Waals surface area contributed by atoms with Crippen LogP contribution < -0.4 is 5.32 Å². The summed E-state index contributed by atoms with van der Waals surface area (Å²) in [7, 11) is 0. The Balaban J connectivity index is 1.96. The van der Waals surface area contributed by atoms with Gasteiger partial charge in [-0.25, -0.2) is 9.59 Å². The second-order valence-electron chi connectivity index (χ2n) is 6.09. The molecule has 1 heterocycles. The SMILES string of the molecule is CCOC(=O)CC[C@H](NC(=O)OCc1ccccc1)C(=O)ON1C(=O)CCC1=O. The second-order valence-corrected chi connectivity index (χ2v) is 6.09. The highest BCUT2D eigenvalue weighted by molar-refractivity contribution is 6.01. The first-order valence-electron chi connectivity index (χ1n) is 9.11. The topological polar surface area (TPSA) is 128 Å². The van der Waals surface area contributed by atoms with Crippen LogP contribution in [0, 0.1) is 0 Å². The molecular formula is C19H22N2O8. The van der Waals surface area contributed by atoms with Gasteiger partial charge in [0.25, 0.3) is 11.8 Å². The van der Waals surface area contributed by atoms with Crippen LogP contribution in [0.5, 0.6) is 0 Å². The second kappa shape index (κ2) is 10.8. The van der Waals surface area contributed by atoms with Crippen LogP contribution in [0.15, 0.2) is 30.3 Å². The van der Waals surface area contributed by atoms with E-state index in [1.54, 1.807) is 31.2 Å². The maximum atomic E-state index is 12.4. The van der Waals surface area contributed by atoms with Crippen LogP contribution in [0.25, 0.3) is 0 Å². The molecule has 1 aromatic rings. The van der Waals surface area contributed by atoms with Crippen molar-refractivity contribution < 1.29 is 38.3 Å². The molecule has 10 heteroatoms. The van der Waals surface area contributed by atoms with E-state index in [2.05, 4.69) is 5.32 Å². The fourth-order valence-corrected chi connectivity index (χ4v) is 2.46. The van der Waals surface area contributed by atoms with Crippen LogP contribution >= 0.6 is 0 Å². The lowest BCUT2D eigenvalue weighted by Gasteiger charge is -2.19. The Hall–Kier alpha value is -3.43. The van der Waals surface area contributed by atoms with Crippen LogP contribution in [0.4, 0.5) is 4.79 Å². The van der Waals surface area contributed by atoms with Gasteiger partial charge in [0.1, 0.15) is 12.6 Å². The molecule has 10 nitrogen and oxygen atoms in total. The minimum absolute atomic E-state index is 0.0323. The van der Waals surface area contributed by atoms with Crippen molar-refractivity contribution in [2.45, 2.75) is 45.3 Å². The number of hydrogen-bond donors (Lipinski definition) is 1. The number of esters is 1. The Bertz CT molecular complexity index is 749. The average molecular weight is 406 g/mol. The van der Waals surface area contributed by atoms with Crippen LogP contribution in [0.1, 0.15) is 38.2 Å². The van der Waals surface area contributed by atoms with Gasteiger partial charge in [0.05, 0.1) is 6.61 Å². The lowest BCUT2D eigenvalue weighted by molar-refractivity contribution is -0.199. The third-order valence-corrected chi connectivity index (χ3v) is 3.92. The first-order valence-corrected chi connectivity index (χ1v) is 9.11. The maximum absolute atomic E-state index is 12.4. The molecule has 3 amide bonds. The highest BCUT2D eigenvalue weighted by Crippen LogP contribution is 2.14. The summed E-state index contributed by atoms with van der Waals surface area (Å²) in [4.78, 5) is 64.1. The molecule has 0 radical (unpaired) electrons. The number of ether oxygens (including phenoxy) is 2. The molecule has 0 spiro atoms. The Morgan fingerprint density at radius 1 is 1.07 bits per heavy atom. The molecule has 156 valence electrons. The van der Waals surface area contributed by atoms with E-state index in [0.29, 0.717) is 5.06 Å². The first kappa shape index (κ1) is 21.9. The van der Waals surface area contributed by atoms with Gasteiger partial charge in [0.2, 0.25) is 0 Å². The quantitative estimate of drug-likeness (QED) is 0.479. The van der Waals surface area contributed by atoms with Gasteiger partial charge < -0.3 is 19.6 Å². The number of hydroxylamine groups is 2. The predicted molar refractivity (Wildman–Crippen MR) is 96.6 cm³/mol. The summed E-state index contributed by atoms with van der Waals surface area (Å²) in [6.07, 6.45) is -1.39. The molecule has 29 heavy (non-hydrogen) atoms. The molecule has 1 saturated heterocycles. The molecule has 1 fully saturated rings. The molecule has 1 aliphatic rings. The molecule has 0 bridgehead atoms. The van der Waals surface area contributed by atoms with Crippen molar-refractivity contribution in [3.8, 4) is 0 Å². The van der Waals surface area contributed by atoms with Gasteiger partial charge in [-0.15, -0.1) is 5.06 Å². The number of nitrogens with one attached hydrogen (secondary N) is 1. The van der Waals surface area contributed by atoms with E-state index >= 15 is 0 Å². The zero-order valence-corrected chi connectivity index (χ0v) is 15.9. The molecule has 0 aliphatic carbocycles. The standard InChI is InChI=1S/C19H22N2O8/c1-2-27-17(24)11-8-14(18(25)29-21-15(22)9-10-16(21)23)20-19(26)28-12-13-6-4-3-5-7-13/h3-7,14H,2,8-12H2,1H3,(H,20,26)/t14-/m0/s1. The molecule has 2 rings (SSSR count). The van der Waals surface area contributed by atoms with E-state index in [1.807, 2.05) is 6.07 Å². The van der Waals surface area contributed by atoms with Crippen LogP contribution in [0.2, 0.25) is 0 Å².